The average Bonchev–Trinajstić information content (AvgIpc) is 2.81. The number of carboxylic acids is 1. The summed E-state index contributed by atoms with van der Waals surface area (Å²) in [6.45, 7) is 0.231. The lowest BCUT2D eigenvalue weighted by Crippen LogP contribution is -2.52. The Hall–Kier alpha value is -3.74. The molecule has 0 heterocycles. The van der Waals surface area contributed by atoms with Crippen molar-refractivity contribution in [1.29, 1.82) is 0 Å². The number of aromatic hydroxyl groups is 4. The number of phenolic OH excluding ortho intramolecular Hbond substituents is 2. The number of phenols is 4. The Morgan fingerprint density at radius 1 is 0.972 bits per heavy atom. The lowest BCUT2D eigenvalue weighted by atomic mass is 9.98. The minimum atomic E-state index is -2.43. The third-order valence-electron chi connectivity index (χ3n) is 5.35. The van der Waals surface area contributed by atoms with E-state index in [0.29, 0.717) is 16.3 Å². The molecule has 3 rings (SSSR count). The molecule has 0 aliphatic heterocycles. The molecule has 3 aromatic rings. The molecule has 0 spiro atoms. The van der Waals surface area contributed by atoms with Gasteiger partial charge in [-0.2, -0.15) is 0 Å². The number of anilines is 1. The number of nitrogens with one attached hydrogen (secondary N) is 2. The number of halogens is 1. The van der Waals surface area contributed by atoms with Crippen molar-refractivity contribution in [3.63, 3.8) is 0 Å². The number of aromatic carboxylic acids is 1. The van der Waals surface area contributed by atoms with Gasteiger partial charge in [-0.15, -0.1) is 0 Å². The van der Waals surface area contributed by atoms with Crippen LogP contribution in [0.5, 0.6) is 23.0 Å². The van der Waals surface area contributed by atoms with Crippen molar-refractivity contribution in [2.45, 2.75) is 12.0 Å². The first kappa shape index (κ1) is 26.9. The summed E-state index contributed by atoms with van der Waals surface area (Å²) >= 11 is 5.97. The monoisotopic (exact) mass is 520 g/mol. The predicted octanol–water partition coefficient (Wildman–Crippen LogP) is 2.56. The number of hydrogen-bond acceptors (Lipinski definition) is 10. The molecule has 1 atom stereocenters. The first-order valence-corrected chi connectivity index (χ1v) is 10.9. The van der Waals surface area contributed by atoms with Gasteiger partial charge in [0.25, 0.3) is 5.91 Å². The summed E-state index contributed by atoms with van der Waals surface area (Å²) < 4.78 is 5.23. The molecular formula is C24H25ClN2O9. The zero-order chi connectivity index (χ0) is 26.6. The van der Waals surface area contributed by atoms with E-state index in [0.717, 1.165) is 0 Å². The van der Waals surface area contributed by atoms with Crippen molar-refractivity contribution >= 4 is 23.3 Å². The van der Waals surface area contributed by atoms with E-state index in [1.54, 1.807) is 30.3 Å². The zero-order valence-electron chi connectivity index (χ0n) is 18.9. The van der Waals surface area contributed by atoms with Crippen LogP contribution in [-0.4, -0.2) is 67.8 Å². The maximum atomic E-state index is 11.4. The van der Waals surface area contributed by atoms with E-state index >= 15 is 0 Å². The molecule has 192 valence electrons. The lowest BCUT2D eigenvalue weighted by molar-refractivity contribution is -0.254. The first-order valence-electron chi connectivity index (χ1n) is 10.5. The molecule has 0 fully saturated rings. The third kappa shape index (κ3) is 5.56. The summed E-state index contributed by atoms with van der Waals surface area (Å²) in [5, 5.41) is 76.5. The van der Waals surface area contributed by atoms with Gasteiger partial charge in [0.2, 0.25) is 5.75 Å². The summed E-state index contributed by atoms with van der Waals surface area (Å²) in [5.41, 5.74) is -0.311. The van der Waals surface area contributed by atoms with Crippen LogP contribution in [-0.2, 0) is 4.74 Å². The molecule has 3 aromatic carbocycles. The fraction of sp³-hybridized carbons (Fsp3) is 0.208. The van der Waals surface area contributed by atoms with E-state index in [9.17, 15) is 40.5 Å². The fourth-order valence-corrected chi connectivity index (χ4v) is 3.91. The molecule has 36 heavy (non-hydrogen) atoms. The Morgan fingerprint density at radius 2 is 1.67 bits per heavy atom. The van der Waals surface area contributed by atoms with Gasteiger partial charge in [-0.3, -0.25) is 5.32 Å². The van der Waals surface area contributed by atoms with Crippen LogP contribution in [0.25, 0.3) is 11.1 Å². The standard InChI is InChI=1S/C24H25ClN2O9/c1-36-22(13-5-2-6-14(25)10-13)24(34,35)27-9-8-26-15-7-3-4-12(11-15)16-18(28)17(23(32)33)20(30)21(31)19(16)29/h2-7,10-11,22,26-31,34-35H,8-9H2,1H3,(H,32,33). The zero-order valence-corrected chi connectivity index (χ0v) is 19.7. The third-order valence-corrected chi connectivity index (χ3v) is 5.59. The van der Waals surface area contributed by atoms with Crippen molar-refractivity contribution in [2.24, 2.45) is 0 Å². The number of carbonyl (C=O) groups is 1. The highest BCUT2D eigenvalue weighted by molar-refractivity contribution is 6.30. The second-order valence-corrected chi connectivity index (χ2v) is 8.22. The molecule has 11 nitrogen and oxygen atoms in total. The van der Waals surface area contributed by atoms with Gasteiger partial charge in [0.1, 0.15) is 11.3 Å². The quantitative estimate of drug-likeness (QED) is 0.0825. The summed E-state index contributed by atoms with van der Waals surface area (Å²) in [5.74, 6) is -8.21. The van der Waals surface area contributed by atoms with Crippen molar-refractivity contribution in [1.82, 2.24) is 5.32 Å². The molecule has 12 heteroatoms. The highest BCUT2D eigenvalue weighted by Gasteiger charge is 2.36. The average molecular weight is 521 g/mol. The largest absolute Gasteiger partial charge is 0.506 e. The molecule has 0 amide bonds. The maximum Gasteiger partial charge on any atom is 0.343 e. The van der Waals surface area contributed by atoms with Gasteiger partial charge in [-0.1, -0.05) is 35.9 Å². The van der Waals surface area contributed by atoms with Crippen LogP contribution in [0, 0.1) is 0 Å². The summed E-state index contributed by atoms with van der Waals surface area (Å²) in [6.07, 6.45) is -1.14. The second-order valence-electron chi connectivity index (χ2n) is 7.78. The van der Waals surface area contributed by atoms with Crippen LogP contribution in [0.2, 0.25) is 5.02 Å². The highest BCUT2D eigenvalue weighted by Crippen LogP contribution is 2.51. The maximum absolute atomic E-state index is 11.4. The van der Waals surface area contributed by atoms with Crippen LogP contribution >= 0.6 is 11.6 Å². The van der Waals surface area contributed by atoms with Crippen LogP contribution in [0.3, 0.4) is 0 Å². The van der Waals surface area contributed by atoms with E-state index in [1.807, 2.05) is 0 Å². The smallest absolute Gasteiger partial charge is 0.343 e. The Bertz CT molecular complexity index is 1270. The lowest BCUT2D eigenvalue weighted by Gasteiger charge is -2.31. The van der Waals surface area contributed by atoms with E-state index in [4.69, 9.17) is 16.3 Å². The molecule has 1 unspecified atom stereocenters. The molecule has 0 aromatic heterocycles. The van der Waals surface area contributed by atoms with E-state index in [1.165, 1.54) is 25.3 Å². The molecule has 0 saturated heterocycles. The normalized spacial score (nSPS) is 12.3. The predicted molar refractivity (Wildman–Crippen MR) is 130 cm³/mol. The molecule has 9 N–H and O–H groups in total. The van der Waals surface area contributed by atoms with Crippen molar-refractivity contribution in [2.75, 3.05) is 25.5 Å². The van der Waals surface area contributed by atoms with Crippen LogP contribution in [0.15, 0.2) is 48.5 Å². The van der Waals surface area contributed by atoms with E-state index in [-0.39, 0.29) is 18.7 Å². The summed E-state index contributed by atoms with van der Waals surface area (Å²) in [7, 11) is 1.32. The summed E-state index contributed by atoms with van der Waals surface area (Å²) in [6, 6.07) is 12.5. The molecule has 0 aliphatic rings. The SMILES string of the molecule is COC(c1cccc(Cl)c1)C(O)(O)NCCNc1cccc(-c2c(O)c(O)c(O)c(C(=O)O)c2O)c1. The Kier molecular flexibility index (Phi) is 8.13. The van der Waals surface area contributed by atoms with Gasteiger partial charge in [-0.05, 0) is 35.4 Å². The topological polar surface area (TPSA) is 192 Å². The molecule has 0 bridgehead atoms. The van der Waals surface area contributed by atoms with Gasteiger partial charge < -0.3 is 45.8 Å². The number of methoxy groups -OCH3 is 1. The molecule has 0 aliphatic carbocycles. The van der Waals surface area contributed by atoms with Crippen molar-refractivity contribution < 1.29 is 45.3 Å². The first-order chi connectivity index (χ1) is 17.0. The van der Waals surface area contributed by atoms with Gasteiger partial charge in [0.05, 0.1) is 5.56 Å². The van der Waals surface area contributed by atoms with Crippen LogP contribution in [0.4, 0.5) is 5.69 Å². The molecular weight excluding hydrogens is 496 g/mol. The number of benzene rings is 3. The Morgan fingerprint density at radius 3 is 2.31 bits per heavy atom. The number of aliphatic hydroxyl groups is 2. The van der Waals surface area contributed by atoms with Gasteiger partial charge in [-0.25, -0.2) is 4.79 Å². The minimum Gasteiger partial charge on any atom is -0.506 e. The Labute approximate surface area is 210 Å². The van der Waals surface area contributed by atoms with Crippen LogP contribution < -0.4 is 10.6 Å². The second kappa shape index (κ2) is 10.9. The van der Waals surface area contributed by atoms with Crippen molar-refractivity contribution in [3.05, 3.63) is 64.7 Å². The summed E-state index contributed by atoms with van der Waals surface area (Å²) in [4.78, 5) is 11.4. The van der Waals surface area contributed by atoms with Gasteiger partial charge in [0.15, 0.2) is 17.6 Å². The van der Waals surface area contributed by atoms with Gasteiger partial charge in [0, 0.05) is 30.9 Å². The fourth-order valence-electron chi connectivity index (χ4n) is 3.71. The number of ether oxygens (including phenoxy) is 1. The molecule has 0 saturated carbocycles. The highest BCUT2D eigenvalue weighted by atomic mass is 35.5. The number of rotatable bonds is 10. The van der Waals surface area contributed by atoms with E-state index in [2.05, 4.69) is 10.6 Å². The number of carboxylic acid groups (broad SMARTS) is 1. The van der Waals surface area contributed by atoms with Crippen LogP contribution in [0.1, 0.15) is 22.0 Å². The molecule has 0 radical (unpaired) electrons. The van der Waals surface area contributed by atoms with Gasteiger partial charge >= 0.3 is 5.97 Å². The number of hydrogen-bond donors (Lipinski definition) is 9. The van der Waals surface area contributed by atoms with Crippen molar-refractivity contribution in [3.8, 4) is 34.1 Å². The van der Waals surface area contributed by atoms with E-state index < -0.39 is 52.1 Å². The Balaban J connectivity index is 1.73. The minimum absolute atomic E-state index is 0.0529.